The second kappa shape index (κ2) is 8.42. The lowest BCUT2D eigenvalue weighted by molar-refractivity contribution is -0.136. The molecule has 0 radical (unpaired) electrons. The summed E-state index contributed by atoms with van der Waals surface area (Å²) >= 11 is 0. The Morgan fingerprint density at radius 3 is 2.46 bits per heavy atom. The van der Waals surface area contributed by atoms with Crippen LogP contribution in [0.5, 0.6) is 0 Å². The van der Waals surface area contributed by atoms with Crippen LogP contribution in [0, 0.1) is 0 Å². The van der Waals surface area contributed by atoms with Gasteiger partial charge < -0.3 is 5.73 Å². The van der Waals surface area contributed by atoms with E-state index < -0.39 is 23.8 Å². The SMILES string of the molecule is Cl.NCCCCCc1ccc2c(c1)C(=O)N(C1CCC(=O)NC1=O)C2=O. The molecule has 8 heteroatoms. The third kappa shape index (κ3) is 3.78. The van der Waals surface area contributed by atoms with Gasteiger partial charge >= 0.3 is 0 Å². The Bertz CT molecular complexity index is 750. The van der Waals surface area contributed by atoms with Gasteiger partial charge in [-0.15, -0.1) is 12.4 Å². The van der Waals surface area contributed by atoms with Crippen molar-refractivity contribution in [2.24, 2.45) is 5.73 Å². The van der Waals surface area contributed by atoms with Crippen LogP contribution < -0.4 is 11.1 Å². The van der Waals surface area contributed by atoms with E-state index in [0.717, 1.165) is 36.1 Å². The highest BCUT2D eigenvalue weighted by molar-refractivity contribution is 6.23. The average Bonchev–Trinajstić information content (AvgIpc) is 2.83. The van der Waals surface area contributed by atoms with Crippen LogP contribution in [0.25, 0.3) is 0 Å². The lowest BCUT2D eigenvalue weighted by atomic mass is 10.0. The summed E-state index contributed by atoms with van der Waals surface area (Å²) in [7, 11) is 0. The fourth-order valence-electron chi connectivity index (χ4n) is 3.32. The van der Waals surface area contributed by atoms with E-state index in [0.29, 0.717) is 17.7 Å². The Morgan fingerprint density at radius 1 is 1.04 bits per heavy atom. The number of aryl methyl sites for hydroxylation is 1. The number of nitrogens with two attached hydrogens (primary N) is 1. The molecule has 0 aromatic heterocycles. The van der Waals surface area contributed by atoms with Crippen LogP contribution in [-0.2, 0) is 16.0 Å². The molecule has 2 heterocycles. The van der Waals surface area contributed by atoms with E-state index in [2.05, 4.69) is 5.32 Å². The third-order valence-corrected chi connectivity index (χ3v) is 4.67. The van der Waals surface area contributed by atoms with Gasteiger partial charge in [0, 0.05) is 6.42 Å². The predicted molar refractivity (Wildman–Crippen MR) is 97.0 cm³/mol. The number of halogens is 1. The van der Waals surface area contributed by atoms with Crippen LogP contribution in [0.4, 0.5) is 0 Å². The minimum atomic E-state index is -0.918. The van der Waals surface area contributed by atoms with Gasteiger partial charge in [-0.25, -0.2) is 0 Å². The Balaban J connectivity index is 0.00000243. The highest BCUT2D eigenvalue weighted by atomic mass is 35.5. The smallest absolute Gasteiger partial charge is 0.262 e. The van der Waals surface area contributed by atoms with Gasteiger partial charge in [-0.05, 0) is 49.9 Å². The van der Waals surface area contributed by atoms with Gasteiger partial charge in [0.25, 0.3) is 11.8 Å². The van der Waals surface area contributed by atoms with Gasteiger partial charge in [-0.2, -0.15) is 0 Å². The quantitative estimate of drug-likeness (QED) is 0.569. The zero-order chi connectivity index (χ0) is 18.0. The molecule has 1 saturated heterocycles. The highest BCUT2D eigenvalue weighted by Gasteiger charge is 2.44. The molecule has 1 unspecified atom stereocenters. The second-order valence-corrected chi connectivity index (χ2v) is 6.43. The van der Waals surface area contributed by atoms with Crippen molar-refractivity contribution in [1.82, 2.24) is 10.2 Å². The van der Waals surface area contributed by atoms with Crippen molar-refractivity contribution < 1.29 is 19.2 Å². The first-order chi connectivity index (χ1) is 12.0. The number of nitrogens with zero attached hydrogens (tertiary/aromatic N) is 1. The first-order valence-corrected chi connectivity index (χ1v) is 8.57. The molecule has 3 rings (SSSR count). The number of hydrogen-bond acceptors (Lipinski definition) is 5. The van der Waals surface area contributed by atoms with Crippen LogP contribution in [0.2, 0.25) is 0 Å². The molecule has 0 bridgehead atoms. The molecule has 2 aliphatic heterocycles. The van der Waals surface area contributed by atoms with Gasteiger partial charge in [0.05, 0.1) is 11.1 Å². The summed E-state index contributed by atoms with van der Waals surface area (Å²) < 4.78 is 0. The summed E-state index contributed by atoms with van der Waals surface area (Å²) in [4.78, 5) is 49.5. The van der Waals surface area contributed by atoms with Crippen molar-refractivity contribution >= 4 is 36.0 Å². The molecule has 3 N–H and O–H groups in total. The summed E-state index contributed by atoms with van der Waals surface area (Å²) in [6.07, 6.45) is 4.05. The van der Waals surface area contributed by atoms with Crippen molar-refractivity contribution in [1.29, 1.82) is 0 Å². The summed E-state index contributed by atoms with van der Waals surface area (Å²) in [5.41, 5.74) is 7.13. The molecular weight excluding hydrogens is 358 g/mol. The van der Waals surface area contributed by atoms with Gasteiger partial charge in [0.15, 0.2) is 0 Å². The molecule has 7 nitrogen and oxygen atoms in total. The summed E-state index contributed by atoms with van der Waals surface area (Å²) in [5.74, 6) is -1.90. The molecule has 0 saturated carbocycles. The van der Waals surface area contributed by atoms with Crippen LogP contribution in [0.1, 0.15) is 58.4 Å². The Morgan fingerprint density at radius 2 is 1.77 bits per heavy atom. The van der Waals surface area contributed by atoms with Crippen molar-refractivity contribution in [3.8, 4) is 0 Å². The summed E-state index contributed by atoms with van der Waals surface area (Å²) in [5, 5.41) is 2.19. The largest absolute Gasteiger partial charge is 0.330 e. The minimum absolute atomic E-state index is 0. The molecule has 26 heavy (non-hydrogen) atoms. The number of fused-ring (bicyclic) bond motifs is 1. The third-order valence-electron chi connectivity index (χ3n) is 4.67. The molecule has 2 aliphatic rings. The number of piperidine rings is 1. The van der Waals surface area contributed by atoms with E-state index in [4.69, 9.17) is 5.73 Å². The zero-order valence-electron chi connectivity index (χ0n) is 14.3. The number of benzene rings is 1. The van der Waals surface area contributed by atoms with Gasteiger partial charge in [0.2, 0.25) is 11.8 Å². The number of rotatable bonds is 6. The fourth-order valence-corrected chi connectivity index (χ4v) is 3.32. The monoisotopic (exact) mass is 379 g/mol. The maximum absolute atomic E-state index is 12.7. The highest BCUT2D eigenvalue weighted by Crippen LogP contribution is 2.28. The molecule has 1 aromatic rings. The first kappa shape index (κ1) is 20.1. The fraction of sp³-hybridized carbons (Fsp3) is 0.444. The lowest BCUT2D eigenvalue weighted by Gasteiger charge is -2.27. The van der Waals surface area contributed by atoms with Gasteiger partial charge in [-0.1, -0.05) is 12.5 Å². The Kier molecular flexibility index (Phi) is 6.50. The van der Waals surface area contributed by atoms with Crippen LogP contribution in [-0.4, -0.2) is 41.1 Å². The lowest BCUT2D eigenvalue weighted by Crippen LogP contribution is -2.54. The van der Waals surface area contributed by atoms with E-state index in [1.165, 1.54) is 0 Å². The molecule has 1 atom stereocenters. The maximum Gasteiger partial charge on any atom is 0.262 e. The van der Waals surface area contributed by atoms with Gasteiger partial charge in [0.1, 0.15) is 6.04 Å². The number of carbonyl (C=O) groups excluding carboxylic acids is 4. The Hall–Kier alpha value is -2.25. The molecule has 1 aromatic carbocycles. The first-order valence-electron chi connectivity index (χ1n) is 8.57. The average molecular weight is 380 g/mol. The molecule has 4 amide bonds. The summed E-state index contributed by atoms with van der Waals surface area (Å²) in [6, 6.07) is 4.32. The number of amides is 4. The normalized spacial score (nSPS) is 19.3. The molecule has 0 spiro atoms. The maximum atomic E-state index is 12.7. The number of hydrogen-bond donors (Lipinski definition) is 2. The van der Waals surface area contributed by atoms with E-state index in [1.807, 2.05) is 6.07 Å². The summed E-state index contributed by atoms with van der Waals surface area (Å²) in [6.45, 7) is 0.665. The molecule has 140 valence electrons. The number of unbranched alkanes of at least 4 members (excludes halogenated alkanes) is 2. The van der Waals surface area contributed by atoms with E-state index in [-0.39, 0.29) is 31.2 Å². The predicted octanol–water partition coefficient (Wildman–Crippen LogP) is 1.18. The number of nitrogens with one attached hydrogen (secondary N) is 1. The molecular formula is C18H22ClN3O4. The second-order valence-electron chi connectivity index (χ2n) is 6.43. The van der Waals surface area contributed by atoms with Crippen molar-refractivity contribution in [3.05, 3.63) is 34.9 Å². The standard InChI is InChI=1S/C18H21N3O4.ClH/c19-9-3-1-2-4-11-5-6-12-13(10-11)18(25)21(17(12)24)14-7-8-15(22)20-16(14)23;/h5-6,10,14H,1-4,7-9,19H2,(H,20,22,23);1H. The van der Waals surface area contributed by atoms with E-state index in [1.54, 1.807) is 12.1 Å². The molecule has 1 fully saturated rings. The topological polar surface area (TPSA) is 110 Å². The van der Waals surface area contributed by atoms with Crippen LogP contribution in [0.15, 0.2) is 18.2 Å². The van der Waals surface area contributed by atoms with Crippen molar-refractivity contribution in [2.45, 2.75) is 44.6 Å². The zero-order valence-corrected chi connectivity index (χ0v) is 15.1. The van der Waals surface area contributed by atoms with Crippen LogP contribution >= 0.6 is 12.4 Å². The van der Waals surface area contributed by atoms with Crippen molar-refractivity contribution in [3.63, 3.8) is 0 Å². The number of carbonyl (C=O) groups is 4. The van der Waals surface area contributed by atoms with Crippen LogP contribution in [0.3, 0.4) is 0 Å². The number of imide groups is 2. The van der Waals surface area contributed by atoms with E-state index >= 15 is 0 Å². The Labute approximate surface area is 157 Å². The molecule has 0 aliphatic carbocycles. The minimum Gasteiger partial charge on any atom is -0.330 e. The van der Waals surface area contributed by atoms with Crippen molar-refractivity contribution in [2.75, 3.05) is 6.54 Å². The van der Waals surface area contributed by atoms with Gasteiger partial charge in [-0.3, -0.25) is 29.4 Å². The van der Waals surface area contributed by atoms with E-state index in [9.17, 15) is 19.2 Å².